The van der Waals surface area contributed by atoms with Crippen LogP contribution in [0.2, 0.25) is 0 Å². The Morgan fingerprint density at radius 2 is 1.57 bits per heavy atom. The molecule has 152 valence electrons. The molecule has 0 saturated carbocycles. The standard InChI is InChI=1S/C16H13Br2N6O4S.Na/c17-11-3-1-10(2-4-11)13-14(24-29(19,25)26)22-9-23-15(13)27-5-6-28-16-20-7-12(18)8-21-16;/h1-4,7-9H,5-6H2,(H2-,19,22,23,24,25,26);/q-1;+1. The summed E-state index contributed by atoms with van der Waals surface area (Å²) in [4.78, 5) is 16.0. The fraction of sp³-hybridized carbons (Fsp3) is 0.125. The van der Waals surface area contributed by atoms with Crippen molar-refractivity contribution in [1.82, 2.24) is 19.9 Å². The summed E-state index contributed by atoms with van der Waals surface area (Å²) < 4.78 is 39.0. The summed E-state index contributed by atoms with van der Waals surface area (Å²) in [7, 11) is -4.17. The van der Waals surface area contributed by atoms with E-state index < -0.39 is 10.2 Å². The Labute approximate surface area is 211 Å². The first kappa shape index (κ1) is 24.9. The van der Waals surface area contributed by atoms with Crippen LogP contribution in [0, 0.1) is 0 Å². The van der Waals surface area contributed by atoms with Gasteiger partial charge in [-0.25, -0.2) is 28.5 Å². The molecule has 0 unspecified atom stereocenters. The predicted molar refractivity (Wildman–Crippen MR) is 112 cm³/mol. The van der Waals surface area contributed by atoms with E-state index in [1.807, 2.05) is 0 Å². The number of hydrogen-bond acceptors (Lipinski definition) is 8. The average Bonchev–Trinajstić information content (AvgIpc) is 2.66. The van der Waals surface area contributed by atoms with Gasteiger partial charge in [0.25, 0.3) is 0 Å². The predicted octanol–water partition coefficient (Wildman–Crippen LogP) is 0.129. The van der Waals surface area contributed by atoms with Crippen LogP contribution in [0.5, 0.6) is 11.9 Å². The Bertz CT molecular complexity index is 1090. The molecule has 0 amide bonds. The Hall–Kier alpha value is -1.35. The van der Waals surface area contributed by atoms with Gasteiger partial charge in [-0.05, 0) is 39.4 Å². The summed E-state index contributed by atoms with van der Waals surface area (Å²) in [5, 5.41) is 5.04. The monoisotopic (exact) mass is 566 g/mol. The van der Waals surface area contributed by atoms with Crippen molar-refractivity contribution in [2.45, 2.75) is 0 Å². The molecule has 0 fully saturated rings. The zero-order valence-corrected chi connectivity index (χ0v) is 21.6. The maximum atomic E-state index is 11.5. The maximum absolute atomic E-state index is 11.5. The number of nitrogens with two attached hydrogens (primary N) is 1. The van der Waals surface area contributed by atoms with Gasteiger partial charge >= 0.3 is 35.6 Å². The first-order valence-electron chi connectivity index (χ1n) is 7.91. The number of benzene rings is 1. The van der Waals surface area contributed by atoms with Crippen LogP contribution < -0.4 is 44.2 Å². The van der Waals surface area contributed by atoms with Gasteiger partial charge in [0.05, 0.1) is 4.47 Å². The Morgan fingerprint density at radius 3 is 2.20 bits per heavy atom. The van der Waals surface area contributed by atoms with Gasteiger partial charge in [0.2, 0.25) is 16.1 Å². The molecule has 0 saturated heterocycles. The minimum Gasteiger partial charge on any atom is -0.474 e. The zero-order valence-electron chi connectivity index (χ0n) is 15.6. The molecule has 30 heavy (non-hydrogen) atoms. The van der Waals surface area contributed by atoms with E-state index in [-0.39, 0.29) is 66.0 Å². The Morgan fingerprint density at radius 1 is 0.933 bits per heavy atom. The fourth-order valence-corrected chi connectivity index (χ4v) is 3.02. The third-order valence-corrected chi connectivity index (χ3v) is 4.65. The number of aromatic nitrogens is 4. The average molecular weight is 568 g/mol. The molecule has 0 aliphatic carbocycles. The molecular weight excluding hydrogens is 555 g/mol. The van der Waals surface area contributed by atoms with Crippen LogP contribution in [-0.2, 0) is 10.2 Å². The van der Waals surface area contributed by atoms with Crippen molar-refractivity contribution in [3.8, 4) is 23.0 Å². The Kier molecular flexibility index (Phi) is 9.40. The second kappa shape index (κ2) is 11.3. The first-order valence-corrected chi connectivity index (χ1v) is 11.0. The fourth-order valence-electron chi connectivity index (χ4n) is 2.18. The van der Waals surface area contributed by atoms with Crippen LogP contribution >= 0.6 is 31.9 Å². The van der Waals surface area contributed by atoms with Gasteiger partial charge in [0, 0.05) is 28.8 Å². The molecule has 14 heteroatoms. The molecule has 3 rings (SSSR count). The van der Waals surface area contributed by atoms with E-state index in [0.29, 0.717) is 5.56 Å². The molecule has 10 nitrogen and oxygen atoms in total. The minimum atomic E-state index is -4.17. The quantitative estimate of drug-likeness (QED) is 0.299. The zero-order chi connectivity index (χ0) is 20.9. The third kappa shape index (κ3) is 7.41. The van der Waals surface area contributed by atoms with Crippen molar-refractivity contribution in [3.63, 3.8) is 0 Å². The molecule has 2 N–H and O–H groups in total. The van der Waals surface area contributed by atoms with Crippen LogP contribution in [-0.4, -0.2) is 41.6 Å². The van der Waals surface area contributed by atoms with E-state index in [4.69, 9.17) is 14.6 Å². The molecule has 0 atom stereocenters. The van der Waals surface area contributed by atoms with Gasteiger partial charge in [-0.3, -0.25) is 0 Å². The van der Waals surface area contributed by atoms with Crippen molar-refractivity contribution in [2.75, 3.05) is 13.2 Å². The summed E-state index contributed by atoms with van der Waals surface area (Å²) >= 11 is 6.59. The number of ether oxygens (including phenoxy) is 2. The van der Waals surface area contributed by atoms with Crippen molar-refractivity contribution >= 4 is 47.9 Å². The molecule has 1 aromatic carbocycles. The number of hydrogen-bond donors (Lipinski definition) is 1. The summed E-state index contributed by atoms with van der Waals surface area (Å²) in [6.07, 6.45) is 4.25. The third-order valence-electron chi connectivity index (χ3n) is 3.29. The molecule has 0 aliphatic heterocycles. The van der Waals surface area contributed by atoms with Gasteiger partial charge in [0.15, 0.2) is 0 Å². The number of nitrogens with zero attached hydrogens (tertiary/aromatic N) is 5. The first-order chi connectivity index (χ1) is 13.8. The van der Waals surface area contributed by atoms with Crippen molar-refractivity contribution in [1.29, 1.82) is 0 Å². The topological polar surface area (TPSA) is 144 Å². The normalized spacial score (nSPS) is 10.8. The van der Waals surface area contributed by atoms with Crippen molar-refractivity contribution in [2.24, 2.45) is 5.14 Å². The second-order valence-electron chi connectivity index (χ2n) is 5.37. The maximum Gasteiger partial charge on any atom is 1.00 e. The molecule has 2 aromatic heterocycles. The van der Waals surface area contributed by atoms with Gasteiger partial charge in [-0.15, -0.1) is 0 Å². The van der Waals surface area contributed by atoms with Gasteiger partial charge in [0.1, 0.15) is 13.2 Å². The van der Waals surface area contributed by atoms with Crippen molar-refractivity contribution in [3.05, 3.63) is 56.7 Å². The summed E-state index contributed by atoms with van der Waals surface area (Å²) in [5.74, 6) is 0.00188. The molecule has 3 aromatic rings. The summed E-state index contributed by atoms with van der Waals surface area (Å²) in [5.41, 5.74) is 0.886. The Balaban J connectivity index is 0.00000320. The van der Waals surface area contributed by atoms with E-state index in [1.165, 1.54) is 0 Å². The van der Waals surface area contributed by atoms with Gasteiger partial charge < -0.3 is 19.2 Å². The smallest absolute Gasteiger partial charge is 0.474 e. The van der Waals surface area contributed by atoms with Crippen LogP contribution in [0.25, 0.3) is 15.8 Å². The SMILES string of the molecule is NS(=O)(=O)[N-]c1ncnc(OCCOc2ncc(Br)cn2)c1-c1ccc(Br)cc1.[Na+]. The molecular formula is C16H13Br2N6NaO4S. The van der Waals surface area contributed by atoms with E-state index in [2.05, 4.69) is 56.5 Å². The van der Waals surface area contributed by atoms with E-state index in [0.717, 1.165) is 15.3 Å². The van der Waals surface area contributed by atoms with Crippen LogP contribution in [0.1, 0.15) is 0 Å². The van der Waals surface area contributed by atoms with Gasteiger partial charge in [-0.1, -0.05) is 28.1 Å². The van der Waals surface area contributed by atoms with E-state index in [9.17, 15) is 8.42 Å². The van der Waals surface area contributed by atoms with Crippen LogP contribution in [0.4, 0.5) is 5.82 Å². The summed E-state index contributed by atoms with van der Waals surface area (Å²) in [6, 6.07) is 7.23. The van der Waals surface area contributed by atoms with Crippen molar-refractivity contribution < 1.29 is 47.4 Å². The largest absolute Gasteiger partial charge is 1.00 e. The van der Waals surface area contributed by atoms with Crippen LogP contribution in [0.15, 0.2) is 51.9 Å². The second-order valence-corrected chi connectivity index (χ2v) is 8.42. The molecule has 2 heterocycles. The molecule has 0 aliphatic rings. The molecule has 0 bridgehead atoms. The number of rotatable bonds is 8. The van der Waals surface area contributed by atoms with Gasteiger partial charge in [-0.2, -0.15) is 0 Å². The van der Waals surface area contributed by atoms with E-state index >= 15 is 0 Å². The number of halogens is 2. The summed E-state index contributed by atoms with van der Waals surface area (Å²) in [6.45, 7) is 0.224. The molecule has 0 radical (unpaired) electrons. The van der Waals surface area contributed by atoms with E-state index in [1.54, 1.807) is 36.7 Å². The minimum absolute atomic E-state index is 0. The van der Waals surface area contributed by atoms with Crippen LogP contribution in [0.3, 0.4) is 0 Å². The molecule has 0 spiro atoms.